The molecule has 0 spiro atoms. The van der Waals surface area contributed by atoms with Crippen molar-refractivity contribution in [3.8, 4) is 11.5 Å². The zero-order valence-corrected chi connectivity index (χ0v) is 32.9. The van der Waals surface area contributed by atoms with Crippen LogP contribution in [0.3, 0.4) is 0 Å². The van der Waals surface area contributed by atoms with Gasteiger partial charge in [0, 0.05) is 17.5 Å². The Hall–Kier alpha value is -5.18. The van der Waals surface area contributed by atoms with Crippen LogP contribution in [0.5, 0.6) is 11.5 Å². The number of hydrogen-bond donors (Lipinski definition) is 2. The van der Waals surface area contributed by atoms with Crippen LogP contribution in [0.4, 0.5) is 0 Å². The first kappa shape index (κ1) is 39.1. The summed E-state index contributed by atoms with van der Waals surface area (Å²) in [5.74, 6) is 0.857. The molecule has 5 aromatic rings. The first-order chi connectivity index (χ1) is 27.0. The van der Waals surface area contributed by atoms with Gasteiger partial charge in [0.25, 0.3) is 0 Å². The maximum atomic E-state index is 14.7. The lowest BCUT2D eigenvalue weighted by atomic mass is 9.64. The molecule has 1 heterocycles. The van der Waals surface area contributed by atoms with Crippen molar-refractivity contribution in [1.82, 2.24) is 4.90 Å². The molecule has 1 fully saturated rings. The highest BCUT2D eigenvalue weighted by Gasteiger charge is 2.57. The summed E-state index contributed by atoms with van der Waals surface area (Å²) in [5.41, 5.74) is 3.23. The number of aliphatic hydroxyl groups is 2. The van der Waals surface area contributed by atoms with Crippen LogP contribution in [0.1, 0.15) is 96.7 Å². The molecule has 8 nitrogen and oxygen atoms in total. The van der Waals surface area contributed by atoms with Gasteiger partial charge in [0.1, 0.15) is 0 Å². The van der Waals surface area contributed by atoms with Crippen molar-refractivity contribution in [2.24, 2.45) is 5.41 Å². The van der Waals surface area contributed by atoms with Gasteiger partial charge in [0.2, 0.25) is 11.7 Å². The smallest absolute Gasteiger partial charge is 0.228 e. The van der Waals surface area contributed by atoms with Crippen LogP contribution in [0.25, 0.3) is 10.8 Å². The maximum Gasteiger partial charge on any atom is 0.228 e. The lowest BCUT2D eigenvalue weighted by Gasteiger charge is -2.46. The Morgan fingerprint density at radius 2 is 1.71 bits per heavy atom. The van der Waals surface area contributed by atoms with E-state index in [9.17, 15) is 19.8 Å². The summed E-state index contributed by atoms with van der Waals surface area (Å²) in [6.07, 6.45) is 7.52. The van der Waals surface area contributed by atoms with E-state index in [4.69, 9.17) is 13.9 Å². The molecule has 8 rings (SSSR count). The molecule has 4 aromatic carbocycles. The van der Waals surface area contributed by atoms with Crippen LogP contribution in [-0.2, 0) is 24.2 Å². The largest absolute Gasteiger partial charge is 0.493 e. The second-order valence-electron chi connectivity index (χ2n) is 16.0. The van der Waals surface area contributed by atoms with Gasteiger partial charge < -0.3 is 29.0 Å². The van der Waals surface area contributed by atoms with Gasteiger partial charge in [-0.1, -0.05) is 79.2 Å². The predicted octanol–water partition coefficient (Wildman–Crippen LogP) is 8.99. The summed E-state index contributed by atoms with van der Waals surface area (Å²) in [6, 6.07) is 29.2. The Balaban J connectivity index is 1.30. The van der Waals surface area contributed by atoms with Crippen molar-refractivity contribution in [3.63, 3.8) is 0 Å². The van der Waals surface area contributed by atoms with E-state index in [2.05, 4.69) is 44.2 Å². The number of benzene rings is 4. The summed E-state index contributed by atoms with van der Waals surface area (Å²) < 4.78 is 16.6. The van der Waals surface area contributed by atoms with Crippen molar-refractivity contribution in [3.05, 3.63) is 142 Å². The number of amides is 1. The van der Waals surface area contributed by atoms with E-state index in [1.54, 1.807) is 26.4 Å². The number of ether oxygens (including phenoxy) is 2. The molecule has 4 atom stereocenters. The fourth-order valence-electron chi connectivity index (χ4n) is 9.20. The van der Waals surface area contributed by atoms with Crippen molar-refractivity contribution < 1.29 is 33.7 Å². The Kier molecular flexibility index (Phi) is 11.5. The number of fused-ring (bicyclic) bond motifs is 9. The van der Waals surface area contributed by atoms with Gasteiger partial charge in [-0.05, 0) is 121 Å². The van der Waals surface area contributed by atoms with Crippen molar-refractivity contribution in [2.75, 3.05) is 20.8 Å². The number of allylic oxidation sites excluding steroid dienone is 2. The number of ketones is 1. The average Bonchev–Trinajstić information content (AvgIpc) is 3.83. The van der Waals surface area contributed by atoms with Gasteiger partial charge in [-0.25, -0.2) is 0 Å². The monoisotopic (exact) mass is 755 g/mol. The molecule has 1 aromatic heterocycles. The molecular weight excluding hydrogens is 703 g/mol. The number of methoxy groups -OCH3 is 2. The summed E-state index contributed by atoms with van der Waals surface area (Å²) in [6.45, 7) is 4.68. The van der Waals surface area contributed by atoms with Gasteiger partial charge >= 0.3 is 0 Å². The number of carbonyl (C=O) groups excluding carboxylic acids is 2. The first-order valence-electron chi connectivity index (χ1n) is 19.7. The van der Waals surface area contributed by atoms with Crippen LogP contribution >= 0.6 is 0 Å². The first-order valence-corrected chi connectivity index (χ1v) is 19.7. The van der Waals surface area contributed by atoms with Gasteiger partial charge in [0.15, 0.2) is 17.3 Å². The topological polar surface area (TPSA) is 109 Å². The standard InChI is InChI=1S/C48H53NO7/c1-32-10-8-23-47(2)41(39-20-17-33(26-37(50)19-16-32)27-40(39)46(52)43-15-9-25-56-43)22-24-48(47,53)31-49(30-36-13-7-12-35-11-5-6-14-38(35)36)45(51)29-34-18-21-42(54-3)44(28-34)55-4/h5-7,9-15,17-18,20-21,25,27-28,37,41,50,53H,8,16,19,22-24,26,29-31H2,1-4H3/t37-,41-,47-,48+/m0/s1. The number of aliphatic hydroxyl groups excluding tert-OH is 1. The van der Waals surface area contributed by atoms with E-state index in [-0.39, 0.29) is 36.3 Å². The van der Waals surface area contributed by atoms with Gasteiger partial charge in [-0.15, -0.1) is 0 Å². The Morgan fingerprint density at radius 3 is 2.50 bits per heavy atom. The molecule has 0 aliphatic heterocycles. The molecular formula is C48H53NO7. The fraction of sp³-hybridized carbons (Fsp3) is 0.375. The molecule has 0 unspecified atom stereocenters. The molecule has 2 N–H and O–H groups in total. The molecule has 0 radical (unpaired) electrons. The molecule has 56 heavy (non-hydrogen) atoms. The van der Waals surface area contributed by atoms with Crippen LogP contribution in [-0.4, -0.2) is 59.3 Å². The molecule has 3 aliphatic carbocycles. The van der Waals surface area contributed by atoms with E-state index < -0.39 is 17.1 Å². The number of carbonyl (C=O) groups is 2. The number of hydrogen-bond acceptors (Lipinski definition) is 7. The van der Waals surface area contributed by atoms with Crippen LogP contribution in [0.2, 0.25) is 0 Å². The summed E-state index contributed by atoms with van der Waals surface area (Å²) in [4.78, 5) is 30.7. The number of furan rings is 1. The number of nitrogens with zero attached hydrogens (tertiary/aromatic N) is 1. The SMILES string of the molecule is COc1ccc(CC(=O)N(Cc2cccc3ccccc23)C[C@]2(O)CC[C@H]3c4ccc(cc4C(=O)c4ccco4)C[C@@H](O)CCC(C)=CCC[C@@]32C)cc1OC. The average molecular weight is 756 g/mol. The van der Waals surface area contributed by atoms with E-state index >= 15 is 0 Å². The van der Waals surface area contributed by atoms with E-state index in [0.29, 0.717) is 62.1 Å². The van der Waals surface area contributed by atoms with Crippen LogP contribution in [0.15, 0.2) is 113 Å². The van der Waals surface area contributed by atoms with E-state index in [1.165, 1.54) is 11.8 Å². The minimum atomic E-state index is -1.30. The van der Waals surface area contributed by atoms with Gasteiger partial charge in [-0.2, -0.15) is 0 Å². The normalized spacial score (nSPS) is 22.6. The minimum Gasteiger partial charge on any atom is -0.493 e. The zero-order valence-electron chi connectivity index (χ0n) is 32.9. The fourth-order valence-corrected chi connectivity index (χ4v) is 9.20. The lowest BCUT2D eigenvalue weighted by Crippen LogP contribution is -2.53. The minimum absolute atomic E-state index is 0.110. The van der Waals surface area contributed by atoms with Crippen molar-refractivity contribution in [2.45, 2.75) is 89.4 Å². The molecule has 0 saturated heterocycles. The Labute approximate surface area is 329 Å². The van der Waals surface area contributed by atoms with Gasteiger partial charge in [-0.3, -0.25) is 9.59 Å². The maximum absolute atomic E-state index is 14.7. The summed E-state index contributed by atoms with van der Waals surface area (Å²) >= 11 is 0. The van der Waals surface area contributed by atoms with Crippen molar-refractivity contribution >= 4 is 22.5 Å². The Bertz CT molecular complexity index is 2220. The van der Waals surface area contributed by atoms with Crippen LogP contribution < -0.4 is 9.47 Å². The van der Waals surface area contributed by atoms with Crippen molar-refractivity contribution in [1.29, 1.82) is 0 Å². The van der Waals surface area contributed by atoms with E-state index in [0.717, 1.165) is 39.4 Å². The lowest BCUT2D eigenvalue weighted by molar-refractivity contribution is -0.140. The van der Waals surface area contributed by atoms with Gasteiger partial charge in [0.05, 0.1) is 45.2 Å². The third-order valence-electron chi connectivity index (χ3n) is 12.5. The molecule has 1 amide bonds. The second-order valence-corrected chi connectivity index (χ2v) is 16.0. The quantitative estimate of drug-likeness (QED) is 0.108. The Morgan fingerprint density at radius 1 is 0.911 bits per heavy atom. The zero-order chi connectivity index (χ0) is 39.5. The highest BCUT2D eigenvalue weighted by Crippen LogP contribution is 2.59. The third kappa shape index (κ3) is 7.91. The van der Waals surface area contributed by atoms with E-state index in [1.807, 2.05) is 59.5 Å². The highest BCUT2D eigenvalue weighted by molar-refractivity contribution is 6.08. The predicted molar refractivity (Wildman–Crippen MR) is 218 cm³/mol. The molecule has 2 bridgehead atoms. The second kappa shape index (κ2) is 16.5. The molecule has 3 aliphatic rings. The van der Waals surface area contributed by atoms with Crippen LogP contribution in [0, 0.1) is 5.41 Å². The summed E-state index contributed by atoms with van der Waals surface area (Å²) in [7, 11) is 3.16. The molecule has 292 valence electrons. The summed E-state index contributed by atoms with van der Waals surface area (Å²) in [5, 5.41) is 26.4. The number of rotatable bonds is 10. The highest BCUT2D eigenvalue weighted by atomic mass is 16.5. The molecule has 1 saturated carbocycles. The third-order valence-corrected chi connectivity index (χ3v) is 12.5. The molecule has 8 heteroatoms.